The number of hydrogen-bond donors (Lipinski definition) is 2. The highest BCUT2D eigenvalue weighted by Crippen LogP contribution is 2.26. The second kappa shape index (κ2) is 9.65. The Balaban J connectivity index is 1.72. The van der Waals surface area contributed by atoms with E-state index in [-0.39, 0.29) is 12.3 Å². The third-order valence-corrected chi connectivity index (χ3v) is 4.55. The van der Waals surface area contributed by atoms with Gasteiger partial charge in [0.25, 0.3) is 0 Å². The number of hydrogen-bond acceptors (Lipinski definition) is 4. The summed E-state index contributed by atoms with van der Waals surface area (Å²) in [5.41, 5.74) is 6.07. The monoisotopic (exact) mass is 407 g/mol. The molecule has 1 atom stereocenters. The third kappa shape index (κ3) is 5.88. The fourth-order valence-electron chi connectivity index (χ4n) is 3.07. The summed E-state index contributed by atoms with van der Waals surface area (Å²) in [6.45, 7) is 2.19. The van der Waals surface area contributed by atoms with Crippen LogP contribution in [0.3, 0.4) is 0 Å². The molecule has 0 spiro atoms. The number of nitrogens with two attached hydrogens (primary N) is 1. The quantitative estimate of drug-likeness (QED) is 0.586. The molecule has 0 aliphatic rings. The van der Waals surface area contributed by atoms with E-state index in [0.717, 1.165) is 11.3 Å². The Kier molecular flexibility index (Phi) is 6.75. The Bertz CT molecular complexity index is 1000. The van der Waals surface area contributed by atoms with Crippen molar-refractivity contribution >= 4 is 11.9 Å². The van der Waals surface area contributed by atoms with E-state index >= 15 is 0 Å². The van der Waals surface area contributed by atoms with E-state index in [0.29, 0.717) is 23.8 Å². The number of benzene rings is 2. The first-order valence-corrected chi connectivity index (χ1v) is 9.59. The van der Waals surface area contributed by atoms with Gasteiger partial charge >= 0.3 is 6.03 Å². The summed E-state index contributed by atoms with van der Waals surface area (Å²) in [5, 5.41) is 2.65. The maximum absolute atomic E-state index is 12.8. The summed E-state index contributed by atoms with van der Waals surface area (Å²) in [4.78, 5) is 25.9. The number of urea groups is 1. The molecule has 1 heterocycles. The van der Waals surface area contributed by atoms with Crippen LogP contribution in [0.1, 0.15) is 29.5 Å². The zero-order valence-corrected chi connectivity index (χ0v) is 17.0. The van der Waals surface area contributed by atoms with E-state index in [4.69, 9.17) is 14.9 Å². The van der Waals surface area contributed by atoms with Gasteiger partial charge in [-0.15, -0.1) is 0 Å². The van der Waals surface area contributed by atoms with E-state index < -0.39 is 12.1 Å². The largest absolute Gasteiger partial charge is 0.464 e. The lowest BCUT2D eigenvalue weighted by molar-refractivity contribution is -0.131. The van der Waals surface area contributed by atoms with Crippen molar-refractivity contribution in [2.45, 2.75) is 25.9 Å². The van der Waals surface area contributed by atoms with Crippen molar-refractivity contribution in [2.24, 2.45) is 5.73 Å². The van der Waals surface area contributed by atoms with Gasteiger partial charge in [0.05, 0.1) is 19.0 Å². The van der Waals surface area contributed by atoms with Crippen LogP contribution in [-0.2, 0) is 11.3 Å². The average Bonchev–Trinajstić information content (AvgIpc) is 3.12. The van der Waals surface area contributed by atoms with Crippen molar-refractivity contribution in [3.63, 3.8) is 0 Å². The molecule has 2 aromatic carbocycles. The number of carbonyl (C=O) groups is 2. The van der Waals surface area contributed by atoms with Crippen LogP contribution in [0.2, 0.25) is 0 Å². The molecule has 0 aliphatic heterocycles. The molecule has 156 valence electrons. The van der Waals surface area contributed by atoms with E-state index in [9.17, 15) is 9.59 Å². The molecule has 1 aromatic heterocycles. The minimum Gasteiger partial charge on any atom is -0.464 e. The van der Waals surface area contributed by atoms with Crippen molar-refractivity contribution in [2.75, 3.05) is 7.05 Å². The average molecular weight is 407 g/mol. The van der Waals surface area contributed by atoms with Gasteiger partial charge in [0.15, 0.2) is 0 Å². The molecular weight excluding hydrogens is 382 g/mol. The van der Waals surface area contributed by atoms with Gasteiger partial charge in [-0.3, -0.25) is 4.79 Å². The van der Waals surface area contributed by atoms with Crippen LogP contribution in [0.4, 0.5) is 4.79 Å². The first-order chi connectivity index (χ1) is 14.4. The number of para-hydroxylation sites is 1. The van der Waals surface area contributed by atoms with Crippen LogP contribution in [0, 0.1) is 6.92 Å². The molecule has 3 rings (SSSR count). The summed E-state index contributed by atoms with van der Waals surface area (Å²) in [5.74, 6) is 2.62. The highest BCUT2D eigenvalue weighted by Gasteiger charge is 2.21. The van der Waals surface area contributed by atoms with Crippen LogP contribution in [0.5, 0.6) is 11.5 Å². The van der Waals surface area contributed by atoms with E-state index in [2.05, 4.69) is 5.32 Å². The normalized spacial score (nSPS) is 11.5. The molecule has 0 saturated heterocycles. The Morgan fingerprint density at radius 3 is 2.47 bits per heavy atom. The summed E-state index contributed by atoms with van der Waals surface area (Å²) in [6.07, 6.45) is 0.0495. The number of nitrogens with one attached hydrogen (secondary N) is 1. The lowest BCUT2D eigenvalue weighted by Gasteiger charge is -2.22. The zero-order valence-electron chi connectivity index (χ0n) is 17.0. The van der Waals surface area contributed by atoms with Gasteiger partial charge in [-0.1, -0.05) is 30.3 Å². The first kappa shape index (κ1) is 21.0. The topological polar surface area (TPSA) is 97.8 Å². The van der Waals surface area contributed by atoms with Gasteiger partial charge in [-0.25, -0.2) is 4.79 Å². The molecule has 0 radical (unpaired) electrons. The molecular formula is C23H25N3O4. The lowest BCUT2D eigenvalue weighted by atomic mass is 10.0. The van der Waals surface area contributed by atoms with Gasteiger partial charge in [-0.2, -0.15) is 0 Å². The number of ether oxygens (including phenoxy) is 1. The van der Waals surface area contributed by atoms with Gasteiger partial charge < -0.3 is 25.1 Å². The first-order valence-electron chi connectivity index (χ1n) is 9.59. The molecule has 0 fully saturated rings. The van der Waals surface area contributed by atoms with Crippen LogP contribution in [-0.4, -0.2) is 23.9 Å². The molecule has 1 unspecified atom stereocenters. The predicted octanol–water partition coefficient (Wildman–Crippen LogP) is 4.14. The zero-order chi connectivity index (χ0) is 21.5. The number of furan rings is 1. The minimum atomic E-state index is -0.702. The standard InChI is InChI=1S/C23H25N3O4/c1-16-11-12-20(29-16)15-26(2)22(27)14-21(25-23(24)28)17-7-6-10-19(13-17)30-18-8-4-3-5-9-18/h3-13,21H,14-15H2,1-2H3,(H3,24,25,28). The maximum Gasteiger partial charge on any atom is 0.312 e. The van der Waals surface area contributed by atoms with Gasteiger partial charge in [0.2, 0.25) is 5.91 Å². The van der Waals surface area contributed by atoms with Gasteiger partial charge in [0.1, 0.15) is 23.0 Å². The van der Waals surface area contributed by atoms with Crippen molar-refractivity contribution in [1.82, 2.24) is 10.2 Å². The van der Waals surface area contributed by atoms with Crippen molar-refractivity contribution in [1.29, 1.82) is 0 Å². The van der Waals surface area contributed by atoms with Crippen LogP contribution in [0.15, 0.2) is 71.1 Å². The SMILES string of the molecule is Cc1ccc(CN(C)C(=O)CC(NC(N)=O)c2cccc(Oc3ccccc3)c2)o1. The molecule has 30 heavy (non-hydrogen) atoms. The van der Waals surface area contributed by atoms with Crippen LogP contribution >= 0.6 is 0 Å². The lowest BCUT2D eigenvalue weighted by Crippen LogP contribution is -2.37. The number of rotatable bonds is 8. The fraction of sp³-hybridized carbons (Fsp3) is 0.217. The number of aryl methyl sites for hydroxylation is 1. The highest BCUT2D eigenvalue weighted by atomic mass is 16.5. The van der Waals surface area contributed by atoms with E-state index in [1.165, 1.54) is 0 Å². The Labute approximate surface area is 175 Å². The Morgan fingerprint density at radius 1 is 1.07 bits per heavy atom. The molecule has 0 aliphatic carbocycles. The molecule has 0 bridgehead atoms. The van der Waals surface area contributed by atoms with Gasteiger partial charge in [0, 0.05) is 7.05 Å². The number of primary amides is 1. The minimum absolute atomic E-state index is 0.0495. The molecule has 3 N–H and O–H groups in total. The maximum atomic E-state index is 12.8. The smallest absolute Gasteiger partial charge is 0.312 e. The fourth-order valence-corrected chi connectivity index (χ4v) is 3.07. The number of nitrogens with zero attached hydrogens (tertiary/aromatic N) is 1. The van der Waals surface area contributed by atoms with E-state index in [1.54, 1.807) is 18.0 Å². The number of amides is 3. The number of carbonyl (C=O) groups excluding carboxylic acids is 2. The molecule has 3 aromatic rings. The van der Waals surface area contributed by atoms with E-state index in [1.807, 2.05) is 67.6 Å². The predicted molar refractivity (Wildman–Crippen MR) is 113 cm³/mol. The second-order valence-electron chi connectivity index (χ2n) is 7.02. The Hall–Kier alpha value is -3.74. The summed E-state index contributed by atoms with van der Waals surface area (Å²) in [7, 11) is 1.69. The highest BCUT2D eigenvalue weighted by molar-refractivity contribution is 5.78. The summed E-state index contributed by atoms with van der Waals surface area (Å²) < 4.78 is 11.4. The summed E-state index contributed by atoms with van der Waals surface area (Å²) in [6, 6.07) is 19.0. The van der Waals surface area contributed by atoms with Crippen molar-refractivity contribution in [3.05, 3.63) is 83.8 Å². The molecule has 7 nitrogen and oxygen atoms in total. The molecule has 7 heteroatoms. The van der Waals surface area contributed by atoms with Crippen molar-refractivity contribution in [3.8, 4) is 11.5 Å². The third-order valence-electron chi connectivity index (χ3n) is 4.55. The molecule has 0 saturated carbocycles. The summed E-state index contributed by atoms with van der Waals surface area (Å²) >= 11 is 0. The second-order valence-corrected chi connectivity index (χ2v) is 7.02. The van der Waals surface area contributed by atoms with Gasteiger partial charge in [-0.05, 0) is 48.9 Å². The molecule has 3 amide bonds. The van der Waals surface area contributed by atoms with Crippen molar-refractivity contribution < 1.29 is 18.7 Å². The van der Waals surface area contributed by atoms with Crippen LogP contribution < -0.4 is 15.8 Å². The van der Waals surface area contributed by atoms with Crippen LogP contribution in [0.25, 0.3) is 0 Å². The Morgan fingerprint density at radius 2 is 1.80 bits per heavy atom.